The Bertz CT molecular complexity index is 303. The summed E-state index contributed by atoms with van der Waals surface area (Å²) in [6.07, 6.45) is 1.91. The minimum absolute atomic E-state index is 0.463. The van der Waals surface area contributed by atoms with Gasteiger partial charge in [0.2, 0.25) is 0 Å². The van der Waals surface area contributed by atoms with Crippen molar-refractivity contribution in [1.29, 1.82) is 0 Å². The Balaban J connectivity index is 2.78. The first-order chi connectivity index (χ1) is 6.63. The minimum atomic E-state index is 0.463. The fourth-order valence-electron chi connectivity index (χ4n) is 1.55. The van der Waals surface area contributed by atoms with E-state index >= 15 is 0 Å². The third-order valence-corrected chi connectivity index (χ3v) is 2.59. The third-order valence-electron chi connectivity index (χ3n) is 2.34. The second-order valence-electron chi connectivity index (χ2n) is 3.52. The van der Waals surface area contributed by atoms with Crippen LogP contribution in [-0.2, 0) is 0 Å². The van der Waals surface area contributed by atoms with Crippen LogP contribution < -0.4 is 5.73 Å². The van der Waals surface area contributed by atoms with E-state index in [1.165, 1.54) is 5.56 Å². The fourth-order valence-corrected chi connectivity index (χ4v) is 1.68. The average molecular weight is 210 g/mol. The van der Waals surface area contributed by atoms with Crippen LogP contribution in [0.3, 0.4) is 0 Å². The molecule has 0 saturated heterocycles. The molecule has 1 aromatic rings. The second-order valence-corrected chi connectivity index (χ2v) is 3.96. The summed E-state index contributed by atoms with van der Waals surface area (Å²) in [4.78, 5) is 0. The quantitative estimate of drug-likeness (QED) is 0.804. The summed E-state index contributed by atoms with van der Waals surface area (Å²) < 4.78 is 0. The van der Waals surface area contributed by atoms with E-state index in [1.807, 2.05) is 12.1 Å². The van der Waals surface area contributed by atoms with Crippen molar-refractivity contribution in [3.05, 3.63) is 47.1 Å². The summed E-state index contributed by atoms with van der Waals surface area (Å²) in [7, 11) is 0. The maximum atomic E-state index is 5.82. The zero-order chi connectivity index (χ0) is 10.6. The smallest absolute Gasteiger partial charge is 0.0406 e. The Morgan fingerprint density at radius 1 is 1.43 bits per heavy atom. The average Bonchev–Trinajstić information content (AvgIpc) is 2.15. The summed E-state index contributed by atoms with van der Waals surface area (Å²) in [6, 6.07) is 7.94. The molecule has 1 atom stereocenters. The second kappa shape index (κ2) is 5.06. The van der Waals surface area contributed by atoms with Crippen LogP contribution in [0, 0.1) is 0 Å². The van der Waals surface area contributed by atoms with Gasteiger partial charge in [0.1, 0.15) is 0 Å². The summed E-state index contributed by atoms with van der Waals surface area (Å²) in [6.45, 7) is 5.89. The van der Waals surface area contributed by atoms with Crippen molar-refractivity contribution in [2.75, 3.05) is 0 Å². The normalized spacial score (nSPS) is 12.4. The zero-order valence-corrected chi connectivity index (χ0v) is 9.22. The lowest BCUT2D eigenvalue weighted by molar-refractivity contribution is 0.653. The highest BCUT2D eigenvalue weighted by Gasteiger charge is 2.09. The molecule has 2 heteroatoms. The standard InChI is InChI=1S/C12H16ClN/c1-3-10(8-9(2)14)11-4-6-12(13)7-5-11/h4-7,10H,2-3,8,14H2,1H3. The molecule has 0 aliphatic carbocycles. The highest BCUT2D eigenvalue weighted by atomic mass is 35.5. The molecule has 0 radical (unpaired) electrons. The lowest BCUT2D eigenvalue weighted by atomic mass is 9.92. The predicted octanol–water partition coefficient (Wildman–Crippen LogP) is 3.70. The van der Waals surface area contributed by atoms with Gasteiger partial charge in [-0.3, -0.25) is 0 Å². The number of hydrogen-bond acceptors (Lipinski definition) is 1. The topological polar surface area (TPSA) is 26.0 Å². The molecular weight excluding hydrogens is 194 g/mol. The van der Waals surface area contributed by atoms with Crippen LogP contribution in [0.4, 0.5) is 0 Å². The van der Waals surface area contributed by atoms with Crippen LogP contribution in [0.5, 0.6) is 0 Å². The number of rotatable bonds is 4. The van der Waals surface area contributed by atoms with E-state index < -0.39 is 0 Å². The zero-order valence-electron chi connectivity index (χ0n) is 8.46. The van der Waals surface area contributed by atoms with Gasteiger partial charge in [-0.2, -0.15) is 0 Å². The molecule has 1 unspecified atom stereocenters. The van der Waals surface area contributed by atoms with Gasteiger partial charge in [0.15, 0.2) is 0 Å². The monoisotopic (exact) mass is 209 g/mol. The molecule has 0 aliphatic rings. The molecule has 0 heterocycles. The van der Waals surface area contributed by atoms with Crippen LogP contribution in [-0.4, -0.2) is 0 Å². The SMILES string of the molecule is C=C(N)CC(CC)c1ccc(Cl)cc1. The number of hydrogen-bond donors (Lipinski definition) is 1. The Hall–Kier alpha value is -0.950. The molecule has 0 fully saturated rings. The molecule has 14 heavy (non-hydrogen) atoms. The number of nitrogens with two attached hydrogens (primary N) is 1. The molecule has 0 amide bonds. The maximum absolute atomic E-state index is 5.82. The van der Waals surface area contributed by atoms with Crippen LogP contribution in [0.15, 0.2) is 36.5 Å². The Labute approximate surface area is 90.6 Å². The van der Waals surface area contributed by atoms with Crippen LogP contribution in [0.2, 0.25) is 5.02 Å². The molecule has 2 N–H and O–H groups in total. The van der Waals surface area contributed by atoms with Crippen molar-refractivity contribution in [3.8, 4) is 0 Å². The Morgan fingerprint density at radius 3 is 2.43 bits per heavy atom. The molecule has 0 aromatic heterocycles. The highest BCUT2D eigenvalue weighted by Crippen LogP contribution is 2.25. The minimum Gasteiger partial charge on any atom is -0.402 e. The van der Waals surface area contributed by atoms with E-state index in [9.17, 15) is 0 Å². The summed E-state index contributed by atoms with van der Waals surface area (Å²) in [5.74, 6) is 0.463. The molecule has 0 bridgehead atoms. The van der Waals surface area contributed by atoms with Crippen molar-refractivity contribution in [2.45, 2.75) is 25.7 Å². The number of benzene rings is 1. The lowest BCUT2D eigenvalue weighted by Crippen LogP contribution is -2.03. The van der Waals surface area contributed by atoms with Crippen LogP contribution >= 0.6 is 11.6 Å². The van der Waals surface area contributed by atoms with Gasteiger partial charge < -0.3 is 5.73 Å². The van der Waals surface area contributed by atoms with Gasteiger partial charge in [-0.1, -0.05) is 37.2 Å². The molecule has 76 valence electrons. The van der Waals surface area contributed by atoms with Crippen molar-refractivity contribution in [3.63, 3.8) is 0 Å². The largest absolute Gasteiger partial charge is 0.402 e. The van der Waals surface area contributed by atoms with Gasteiger partial charge in [0.05, 0.1) is 0 Å². The molecule has 0 aliphatic heterocycles. The molecule has 0 saturated carbocycles. The number of allylic oxidation sites excluding steroid dienone is 1. The third kappa shape index (κ3) is 3.08. The first-order valence-corrected chi connectivity index (χ1v) is 5.20. The molecule has 1 aromatic carbocycles. The summed E-state index contributed by atoms with van der Waals surface area (Å²) >= 11 is 5.82. The first-order valence-electron chi connectivity index (χ1n) is 4.82. The van der Waals surface area contributed by atoms with E-state index in [1.54, 1.807) is 0 Å². The Morgan fingerprint density at radius 2 is 2.00 bits per heavy atom. The van der Waals surface area contributed by atoms with Crippen LogP contribution in [0.1, 0.15) is 31.2 Å². The van der Waals surface area contributed by atoms with Gasteiger partial charge in [0, 0.05) is 10.7 Å². The summed E-state index contributed by atoms with van der Waals surface area (Å²) in [5.41, 5.74) is 7.64. The van der Waals surface area contributed by atoms with Crippen molar-refractivity contribution >= 4 is 11.6 Å². The van der Waals surface area contributed by atoms with Crippen LogP contribution in [0.25, 0.3) is 0 Å². The maximum Gasteiger partial charge on any atom is 0.0406 e. The number of halogens is 1. The summed E-state index contributed by atoms with van der Waals surface area (Å²) in [5, 5.41) is 0.773. The van der Waals surface area contributed by atoms with Gasteiger partial charge in [-0.15, -0.1) is 0 Å². The van der Waals surface area contributed by atoms with Gasteiger partial charge in [-0.05, 0) is 36.5 Å². The van der Waals surface area contributed by atoms with E-state index in [2.05, 4.69) is 25.6 Å². The molecule has 1 nitrogen and oxygen atoms in total. The van der Waals surface area contributed by atoms with E-state index in [4.69, 9.17) is 17.3 Å². The van der Waals surface area contributed by atoms with Crippen molar-refractivity contribution < 1.29 is 0 Å². The Kier molecular flexibility index (Phi) is 4.02. The fraction of sp³-hybridized carbons (Fsp3) is 0.333. The molecule has 0 spiro atoms. The lowest BCUT2D eigenvalue weighted by Gasteiger charge is -2.14. The van der Waals surface area contributed by atoms with Crippen molar-refractivity contribution in [2.24, 2.45) is 5.73 Å². The highest BCUT2D eigenvalue weighted by molar-refractivity contribution is 6.30. The van der Waals surface area contributed by atoms with E-state index in [0.717, 1.165) is 23.6 Å². The van der Waals surface area contributed by atoms with Gasteiger partial charge in [-0.25, -0.2) is 0 Å². The van der Waals surface area contributed by atoms with Crippen molar-refractivity contribution in [1.82, 2.24) is 0 Å². The first kappa shape index (κ1) is 11.1. The van der Waals surface area contributed by atoms with Gasteiger partial charge in [0.25, 0.3) is 0 Å². The molecule has 1 rings (SSSR count). The predicted molar refractivity (Wildman–Crippen MR) is 62.4 cm³/mol. The van der Waals surface area contributed by atoms with E-state index in [-0.39, 0.29) is 0 Å². The van der Waals surface area contributed by atoms with E-state index in [0.29, 0.717) is 5.92 Å². The van der Waals surface area contributed by atoms with Gasteiger partial charge >= 0.3 is 0 Å². The molecular formula is C12H16ClN.